The molecular formula is C21H28ClN3O3. The van der Waals surface area contributed by atoms with E-state index in [-0.39, 0.29) is 36.5 Å². The summed E-state index contributed by atoms with van der Waals surface area (Å²) >= 11 is 5.98. The number of hydrogen-bond acceptors (Lipinski definition) is 5. The van der Waals surface area contributed by atoms with Gasteiger partial charge >= 0.3 is 5.97 Å². The van der Waals surface area contributed by atoms with E-state index in [1.165, 1.54) is 0 Å². The van der Waals surface area contributed by atoms with Gasteiger partial charge in [0, 0.05) is 5.02 Å². The number of amides is 1. The van der Waals surface area contributed by atoms with Gasteiger partial charge in [0.15, 0.2) is 0 Å². The molecule has 1 N–H and O–H groups in total. The molecule has 3 atom stereocenters. The Kier molecular flexibility index (Phi) is 6.62. The minimum Gasteiger partial charge on any atom is -0.465 e. The van der Waals surface area contributed by atoms with Crippen LogP contribution in [0.2, 0.25) is 5.02 Å². The molecule has 1 amide bonds. The normalized spacial score (nSPS) is 25.5. The quantitative estimate of drug-likeness (QED) is 0.777. The van der Waals surface area contributed by atoms with Crippen molar-refractivity contribution in [2.24, 2.45) is 0 Å². The highest BCUT2D eigenvalue weighted by molar-refractivity contribution is 6.30. The summed E-state index contributed by atoms with van der Waals surface area (Å²) in [4.78, 5) is 26.7. The Balaban J connectivity index is 0.00000109. The number of piperazine rings is 1. The molecule has 3 unspecified atom stereocenters. The fourth-order valence-corrected chi connectivity index (χ4v) is 4.33. The van der Waals surface area contributed by atoms with Crippen molar-refractivity contribution in [1.82, 2.24) is 15.3 Å². The lowest BCUT2D eigenvalue weighted by Gasteiger charge is -2.44. The fraction of sp³-hybridized carbons (Fsp3) is 0.524. The third-order valence-electron chi connectivity index (χ3n) is 5.35. The minimum atomic E-state index is -0.347. The lowest BCUT2D eigenvalue weighted by Crippen LogP contribution is -2.61. The molecule has 2 aliphatic heterocycles. The van der Waals surface area contributed by atoms with Crippen molar-refractivity contribution in [3.63, 3.8) is 0 Å². The van der Waals surface area contributed by atoms with Crippen molar-refractivity contribution in [2.75, 3.05) is 13.2 Å². The Morgan fingerprint density at radius 1 is 1.21 bits per heavy atom. The summed E-state index contributed by atoms with van der Waals surface area (Å²) < 4.78 is 5.06. The number of esters is 1. The standard InChI is InChI=1S/C19H22ClN3O3.C2H6/c1-2-26-18(24)11-22-15-4-3-5-16(15)23-17(19(22)25)10-14(21-23)12-6-8-13(20)9-7-12;1-2/h6-10,14-16,21H,2-5,11H2,1H3;1-2H3. The molecule has 152 valence electrons. The third-order valence-corrected chi connectivity index (χ3v) is 5.60. The highest BCUT2D eigenvalue weighted by atomic mass is 35.5. The summed E-state index contributed by atoms with van der Waals surface area (Å²) in [7, 11) is 0. The van der Waals surface area contributed by atoms with E-state index in [0.717, 1.165) is 24.8 Å². The Morgan fingerprint density at radius 3 is 2.57 bits per heavy atom. The first-order valence-electron chi connectivity index (χ1n) is 10.1. The summed E-state index contributed by atoms with van der Waals surface area (Å²) in [6.45, 7) is 6.12. The fourth-order valence-electron chi connectivity index (χ4n) is 4.20. The number of rotatable bonds is 4. The highest BCUT2D eigenvalue weighted by Crippen LogP contribution is 2.39. The average Bonchev–Trinajstić information content (AvgIpc) is 3.35. The van der Waals surface area contributed by atoms with Crippen molar-refractivity contribution >= 4 is 23.5 Å². The van der Waals surface area contributed by atoms with E-state index in [2.05, 4.69) is 5.43 Å². The molecule has 28 heavy (non-hydrogen) atoms. The molecule has 7 heteroatoms. The van der Waals surface area contributed by atoms with Crippen LogP contribution in [0.1, 0.15) is 51.6 Å². The number of hydrazine groups is 1. The monoisotopic (exact) mass is 405 g/mol. The second kappa shape index (κ2) is 8.97. The van der Waals surface area contributed by atoms with Gasteiger partial charge in [0.05, 0.1) is 24.7 Å². The smallest absolute Gasteiger partial charge is 0.325 e. The van der Waals surface area contributed by atoms with Gasteiger partial charge < -0.3 is 9.64 Å². The van der Waals surface area contributed by atoms with Crippen molar-refractivity contribution < 1.29 is 14.3 Å². The Labute approximate surface area is 171 Å². The predicted octanol–water partition coefficient (Wildman–Crippen LogP) is 3.44. The Morgan fingerprint density at radius 2 is 1.89 bits per heavy atom. The van der Waals surface area contributed by atoms with Crippen LogP contribution in [0.5, 0.6) is 0 Å². The van der Waals surface area contributed by atoms with Crippen molar-refractivity contribution in [3.8, 4) is 0 Å². The molecule has 2 heterocycles. The zero-order valence-electron chi connectivity index (χ0n) is 16.7. The molecule has 6 nitrogen and oxygen atoms in total. The topological polar surface area (TPSA) is 61.9 Å². The van der Waals surface area contributed by atoms with Crippen LogP contribution in [0.4, 0.5) is 0 Å². The van der Waals surface area contributed by atoms with E-state index in [4.69, 9.17) is 16.3 Å². The van der Waals surface area contributed by atoms with Crippen molar-refractivity contribution in [3.05, 3.63) is 46.6 Å². The van der Waals surface area contributed by atoms with E-state index in [0.29, 0.717) is 17.3 Å². The van der Waals surface area contributed by atoms with E-state index >= 15 is 0 Å². The summed E-state index contributed by atoms with van der Waals surface area (Å²) in [6, 6.07) is 7.77. The number of nitrogens with zero attached hydrogens (tertiary/aromatic N) is 2. The predicted molar refractivity (Wildman–Crippen MR) is 108 cm³/mol. The van der Waals surface area contributed by atoms with Crippen LogP contribution in [0, 0.1) is 0 Å². The molecule has 0 radical (unpaired) electrons. The van der Waals surface area contributed by atoms with E-state index in [9.17, 15) is 9.59 Å². The molecule has 3 aliphatic rings. The van der Waals surface area contributed by atoms with Crippen LogP contribution >= 0.6 is 11.6 Å². The number of carbonyl (C=O) groups is 2. The van der Waals surface area contributed by atoms with Gasteiger partial charge in [-0.2, -0.15) is 0 Å². The van der Waals surface area contributed by atoms with Crippen LogP contribution in [0.3, 0.4) is 0 Å². The average molecular weight is 406 g/mol. The molecular weight excluding hydrogens is 378 g/mol. The molecule has 1 saturated heterocycles. The first kappa shape index (κ1) is 20.7. The summed E-state index contributed by atoms with van der Waals surface area (Å²) in [5, 5.41) is 2.70. The van der Waals surface area contributed by atoms with Gasteiger partial charge in [0.1, 0.15) is 12.2 Å². The van der Waals surface area contributed by atoms with Gasteiger partial charge in [-0.15, -0.1) is 0 Å². The molecule has 1 aliphatic carbocycles. The van der Waals surface area contributed by atoms with Crippen molar-refractivity contribution in [1.29, 1.82) is 0 Å². The maximum Gasteiger partial charge on any atom is 0.325 e. The molecule has 4 rings (SSSR count). The SMILES string of the molecule is CC.CCOC(=O)CN1C(=O)C2=CC(c3ccc(Cl)cc3)NN2C2CCCC21. The number of halogens is 1. The molecule has 2 fully saturated rings. The van der Waals surface area contributed by atoms with Crippen LogP contribution in [0.25, 0.3) is 0 Å². The molecule has 0 spiro atoms. The van der Waals surface area contributed by atoms with Gasteiger partial charge in [0.25, 0.3) is 5.91 Å². The van der Waals surface area contributed by atoms with E-state index in [1.807, 2.05) is 49.2 Å². The highest BCUT2D eigenvalue weighted by Gasteiger charge is 2.49. The molecule has 0 bridgehead atoms. The van der Waals surface area contributed by atoms with Gasteiger partial charge in [-0.1, -0.05) is 37.6 Å². The summed E-state index contributed by atoms with van der Waals surface area (Å²) in [6.07, 6.45) is 4.89. The number of benzene rings is 1. The second-order valence-corrected chi connectivity index (χ2v) is 7.32. The molecule has 1 aromatic carbocycles. The minimum absolute atomic E-state index is 0.0185. The molecule has 0 aromatic heterocycles. The van der Waals surface area contributed by atoms with Gasteiger partial charge in [-0.25, -0.2) is 5.43 Å². The number of carbonyl (C=O) groups excluding carboxylic acids is 2. The van der Waals surface area contributed by atoms with Crippen LogP contribution in [0.15, 0.2) is 36.0 Å². The maximum atomic E-state index is 13.1. The zero-order chi connectivity index (χ0) is 20.3. The number of ether oxygens (including phenoxy) is 1. The summed E-state index contributed by atoms with van der Waals surface area (Å²) in [5.74, 6) is -0.453. The van der Waals surface area contributed by atoms with Crippen LogP contribution in [-0.2, 0) is 14.3 Å². The number of nitrogens with one attached hydrogen (secondary N) is 1. The maximum absolute atomic E-state index is 13.1. The van der Waals surface area contributed by atoms with Gasteiger partial charge in [0.2, 0.25) is 0 Å². The Bertz CT molecular complexity index is 750. The molecule has 1 aromatic rings. The van der Waals surface area contributed by atoms with Gasteiger partial charge in [-0.3, -0.25) is 14.6 Å². The summed E-state index contributed by atoms with van der Waals surface area (Å²) in [5.41, 5.74) is 5.14. The number of fused-ring (bicyclic) bond motifs is 3. The zero-order valence-corrected chi connectivity index (χ0v) is 17.4. The molecule has 1 saturated carbocycles. The third kappa shape index (κ3) is 3.89. The van der Waals surface area contributed by atoms with E-state index in [1.54, 1.807) is 11.8 Å². The first-order valence-corrected chi connectivity index (χ1v) is 10.5. The first-order chi connectivity index (χ1) is 13.6. The van der Waals surface area contributed by atoms with Crippen molar-refractivity contribution in [2.45, 2.75) is 58.2 Å². The second-order valence-electron chi connectivity index (χ2n) is 6.88. The van der Waals surface area contributed by atoms with Crippen LogP contribution in [-0.4, -0.2) is 47.0 Å². The number of hydrogen-bond donors (Lipinski definition) is 1. The lowest BCUT2D eigenvalue weighted by atomic mass is 10.0. The lowest BCUT2D eigenvalue weighted by molar-refractivity contribution is -0.152. The van der Waals surface area contributed by atoms with E-state index < -0.39 is 0 Å². The Hall–Kier alpha value is -2.05. The largest absolute Gasteiger partial charge is 0.465 e. The van der Waals surface area contributed by atoms with Crippen LogP contribution < -0.4 is 5.43 Å². The van der Waals surface area contributed by atoms with Gasteiger partial charge in [-0.05, 0) is 50.0 Å².